The average Bonchev–Trinajstić information content (AvgIpc) is 3.66. The minimum Gasteiger partial charge on any atom is -0.502 e. The number of aromatic hydroxyl groups is 1. The maximum Gasteiger partial charge on any atom is 0.310 e. The zero-order chi connectivity index (χ0) is 29.0. The summed E-state index contributed by atoms with van der Waals surface area (Å²) in [6.45, 7) is -0.929. The van der Waals surface area contributed by atoms with Gasteiger partial charge in [-0.15, -0.1) is 0 Å². The van der Waals surface area contributed by atoms with Gasteiger partial charge in [0.1, 0.15) is 5.71 Å². The minimum absolute atomic E-state index is 0.00691. The van der Waals surface area contributed by atoms with Crippen molar-refractivity contribution in [2.45, 2.75) is 24.5 Å². The maximum absolute atomic E-state index is 13.3. The van der Waals surface area contributed by atoms with E-state index >= 15 is 0 Å². The van der Waals surface area contributed by atoms with Crippen molar-refractivity contribution in [1.82, 2.24) is 4.90 Å². The highest BCUT2D eigenvalue weighted by molar-refractivity contribution is 6.48. The number of phenolic OH excluding ortho intramolecular Hbond substituents is 1. The number of amides is 2. The lowest BCUT2D eigenvalue weighted by Gasteiger charge is -2.37. The molecule has 2 amide bonds. The lowest BCUT2D eigenvalue weighted by Crippen LogP contribution is -2.39. The molecule has 0 saturated carbocycles. The van der Waals surface area contributed by atoms with Gasteiger partial charge in [-0.25, -0.2) is 0 Å². The van der Waals surface area contributed by atoms with Gasteiger partial charge in [0.25, 0.3) is 5.91 Å². The fourth-order valence-corrected chi connectivity index (χ4v) is 6.10. The summed E-state index contributed by atoms with van der Waals surface area (Å²) in [5.74, 6) is -2.43. The Morgan fingerprint density at radius 1 is 1.02 bits per heavy atom. The van der Waals surface area contributed by atoms with E-state index in [1.54, 1.807) is 24.3 Å². The van der Waals surface area contributed by atoms with Crippen LogP contribution in [0, 0.1) is 11.8 Å². The van der Waals surface area contributed by atoms with Crippen LogP contribution in [0.5, 0.6) is 28.7 Å². The number of aliphatic imine (C=N–C) groups is 1. The van der Waals surface area contributed by atoms with E-state index in [4.69, 9.17) is 28.7 Å². The zero-order valence-electron chi connectivity index (χ0n) is 22.2. The monoisotopic (exact) mass is 568 g/mol. The molecular formula is C28H28N2O11. The number of phenols is 1. The number of cyclic esters (lactones) is 1. The minimum atomic E-state index is -1.28. The van der Waals surface area contributed by atoms with Gasteiger partial charge >= 0.3 is 5.97 Å². The molecule has 0 aromatic heterocycles. The molecule has 3 heterocycles. The number of aliphatic hydroxyl groups excluding tert-OH is 2. The number of likely N-dealkylation sites (tertiary alicyclic amines) is 1. The van der Waals surface area contributed by atoms with Crippen molar-refractivity contribution in [3.05, 3.63) is 41.0 Å². The molecule has 41 heavy (non-hydrogen) atoms. The first kappa shape index (κ1) is 26.8. The second-order valence-electron chi connectivity index (χ2n) is 10.2. The molecule has 0 spiro atoms. The molecule has 3 aliphatic heterocycles. The smallest absolute Gasteiger partial charge is 0.310 e. The van der Waals surface area contributed by atoms with E-state index in [1.165, 1.54) is 14.2 Å². The summed E-state index contributed by atoms with van der Waals surface area (Å²) in [5, 5.41) is 29.5. The number of fused-ring (bicyclic) bond motifs is 3. The Hall–Kier alpha value is -4.36. The standard InChI is InChI=1S/C28H28N2O11/c1-37-20-3-12(4-21(38-2)26(20)34)23-14-5-18-19(41-11-40-18)6-15(14)25(16-10-39-28(36)24(16)23)29-17-7-22(33)30(27(17)35)8-13(32)9-31/h3-6,13,16,23-25,31-32,34H,7-11H2,1-2H3/t13?,16-,23+,24-,25+/m0/s1. The number of imide groups is 1. The number of hydrogen-bond acceptors (Lipinski definition) is 12. The molecule has 2 saturated heterocycles. The van der Waals surface area contributed by atoms with Crippen LogP contribution < -0.4 is 18.9 Å². The fourth-order valence-electron chi connectivity index (χ4n) is 6.10. The fraction of sp³-hybridized carbons (Fsp3) is 0.429. The number of benzene rings is 2. The van der Waals surface area contributed by atoms with Crippen molar-refractivity contribution in [2.24, 2.45) is 16.8 Å². The predicted octanol–water partition coefficient (Wildman–Crippen LogP) is 0.667. The molecule has 3 N–H and O–H groups in total. The third-order valence-corrected chi connectivity index (χ3v) is 8.02. The molecule has 1 unspecified atom stereocenters. The number of rotatable bonds is 7. The Balaban J connectivity index is 1.50. The van der Waals surface area contributed by atoms with Crippen LogP contribution in [0.4, 0.5) is 0 Å². The molecule has 216 valence electrons. The molecule has 2 fully saturated rings. The van der Waals surface area contributed by atoms with Gasteiger partial charge in [0.05, 0.1) is 58.5 Å². The predicted molar refractivity (Wildman–Crippen MR) is 138 cm³/mol. The second-order valence-corrected chi connectivity index (χ2v) is 10.2. The summed E-state index contributed by atoms with van der Waals surface area (Å²) in [6.07, 6.45) is -1.56. The Morgan fingerprint density at radius 3 is 2.32 bits per heavy atom. The molecule has 2 aromatic rings. The van der Waals surface area contributed by atoms with E-state index < -0.39 is 54.3 Å². The van der Waals surface area contributed by atoms with Gasteiger partial charge in [-0.2, -0.15) is 0 Å². The topological polar surface area (TPSA) is 174 Å². The van der Waals surface area contributed by atoms with Crippen molar-refractivity contribution < 1.29 is 53.4 Å². The molecule has 2 aromatic carbocycles. The van der Waals surface area contributed by atoms with Gasteiger partial charge < -0.3 is 39.0 Å². The summed E-state index contributed by atoms with van der Waals surface area (Å²) >= 11 is 0. The van der Waals surface area contributed by atoms with Crippen LogP contribution in [-0.2, 0) is 19.1 Å². The van der Waals surface area contributed by atoms with E-state index in [9.17, 15) is 29.7 Å². The maximum atomic E-state index is 13.3. The van der Waals surface area contributed by atoms with Crippen molar-refractivity contribution in [2.75, 3.05) is 40.8 Å². The number of carbonyl (C=O) groups is 3. The molecule has 13 nitrogen and oxygen atoms in total. The Bertz CT molecular complexity index is 1450. The van der Waals surface area contributed by atoms with Gasteiger partial charge in [0, 0.05) is 11.8 Å². The van der Waals surface area contributed by atoms with Crippen LogP contribution in [0.2, 0.25) is 0 Å². The highest BCUT2D eigenvalue weighted by Crippen LogP contribution is 2.56. The number of ether oxygens (including phenoxy) is 5. The van der Waals surface area contributed by atoms with Crippen LogP contribution in [0.25, 0.3) is 0 Å². The van der Waals surface area contributed by atoms with Gasteiger partial charge in [-0.3, -0.25) is 24.3 Å². The first-order chi connectivity index (χ1) is 19.7. The number of carbonyl (C=O) groups excluding carboxylic acids is 3. The first-order valence-corrected chi connectivity index (χ1v) is 13.0. The number of aliphatic hydroxyl groups is 2. The molecule has 1 aliphatic carbocycles. The summed E-state index contributed by atoms with van der Waals surface area (Å²) < 4.78 is 27.6. The van der Waals surface area contributed by atoms with E-state index in [2.05, 4.69) is 0 Å². The number of esters is 1. The second kappa shape index (κ2) is 10.2. The lowest BCUT2D eigenvalue weighted by atomic mass is 9.65. The van der Waals surface area contributed by atoms with Crippen LogP contribution in [0.3, 0.4) is 0 Å². The van der Waals surface area contributed by atoms with Crippen LogP contribution >= 0.6 is 0 Å². The number of nitrogens with zero attached hydrogens (tertiary/aromatic N) is 2. The van der Waals surface area contributed by atoms with Crippen molar-refractivity contribution in [3.63, 3.8) is 0 Å². The number of β-amino-alcohol motifs (C(OH)–C–C–N with tert-alkyl or cyclic N) is 1. The summed E-state index contributed by atoms with van der Waals surface area (Å²) in [6, 6.07) is 6.06. The van der Waals surface area contributed by atoms with Crippen LogP contribution in [-0.4, -0.2) is 90.6 Å². The van der Waals surface area contributed by atoms with Gasteiger partial charge in [-0.05, 0) is 41.0 Å². The van der Waals surface area contributed by atoms with Gasteiger partial charge in [0.15, 0.2) is 23.0 Å². The van der Waals surface area contributed by atoms with Gasteiger partial charge in [-0.1, -0.05) is 0 Å². The van der Waals surface area contributed by atoms with Gasteiger partial charge in [0.2, 0.25) is 18.4 Å². The summed E-state index contributed by atoms with van der Waals surface area (Å²) in [7, 11) is 2.82. The molecular weight excluding hydrogens is 540 g/mol. The van der Waals surface area contributed by atoms with Crippen LogP contribution in [0.15, 0.2) is 29.3 Å². The van der Waals surface area contributed by atoms with Crippen LogP contribution in [0.1, 0.15) is 35.1 Å². The zero-order valence-corrected chi connectivity index (χ0v) is 22.2. The quantitative estimate of drug-likeness (QED) is 0.316. The Labute approximate surface area is 233 Å². The SMILES string of the molecule is COc1cc([C@@H]2c3cc4c(cc3[C@@H](N=C3CC(=O)N(CC(O)CO)C3=O)[C@H]3COC(=O)[C@H]23)OCO4)cc(OC)c1O. The summed E-state index contributed by atoms with van der Waals surface area (Å²) in [4.78, 5) is 44.7. The molecule has 4 aliphatic rings. The molecule has 6 rings (SSSR count). The first-order valence-electron chi connectivity index (χ1n) is 13.0. The Morgan fingerprint density at radius 2 is 1.68 bits per heavy atom. The lowest BCUT2D eigenvalue weighted by molar-refractivity contribution is -0.142. The highest BCUT2D eigenvalue weighted by Gasteiger charge is 2.53. The van der Waals surface area contributed by atoms with E-state index in [1.807, 2.05) is 0 Å². The average molecular weight is 569 g/mol. The van der Waals surface area contributed by atoms with Crippen molar-refractivity contribution in [3.8, 4) is 28.7 Å². The third-order valence-electron chi connectivity index (χ3n) is 8.02. The van der Waals surface area contributed by atoms with E-state index in [-0.39, 0.29) is 49.3 Å². The molecule has 5 atom stereocenters. The number of methoxy groups -OCH3 is 2. The summed E-state index contributed by atoms with van der Waals surface area (Å²) in [5.41, 5.74) is 1.93. The Kier molecular flexibility index (Phi) is 6.70. The largest absolute Gasteiger partial charge is 0.502 e. The highest BCUT2D eigenvalue weighted by atomic mass is 16.7. The molecule has 0 radical (unpaired) electrons. The molecule has 0 bridgehead atoms. The normalized spacial score (nSPS) is 26.2. The van der Waals surface area contributed by atoms with Crippen molar-refractivity contribution in [1.29, 1.82) is 0 Å². The third kappa shape index (κ3) is 4.32. The van der Waals surface area contributed by atoms with E-state index in [0.29, 0.717) is 28.2 Å². The molecule has 13 heteroatoms. The van der Waals surface area contributed by atoms with Crippen molar-refractivity contribution >= 4 is 23.5 Å². The van der Waals surface area contributed by atoms with E-state index in [0.717, 1.165) is 4.90 Å². The number of hydrogen-bond donors (Lipinski definition) is 3.